The average Bonchev–Trinajstić information content (AvgIpc) is 2.18. The number of hydrogen-bond acceptors (Lipinski definition) is 1. The lowest BCUT2D eigenvalue weighted by Gasteiger charge is -2.33. The molecule has 86 valence electrons. The quantitative estimate of drug-likeness (QED) is 0.490. The van der Waals surface area contributed by atoms with Crippen LogP contribution in [0, 0.1) is 11.3 Å². The van der Waals surface area contributed by atoms with Gasteiger partial charge in [0.1, 0.15) is 5.78 Å². The van der Waals surface area contributed by atoms with Gasteiger partial charge in [-0.05, 0) is 43.9 Å². The van der Waals surface area contributed by atoms with Crippen LogP contribution in [-0.2, 0) is 4.79 Å². The zero-order valence-corrected chi connectivity index (χ0v) is 10.2. The van der Waals surface area contributed by atoms with E-state index in [0.29, 0.717) is 17.1 Å². The number of carbonyl (C=O) groups is 1. The number of ketones is 1. The predicted molar refractivity (Wildman–Crippen MR) is 64.8 cm³/mol. The zero-order valence-electron chi connectivity index (χ0n) is 10.2. The first kappa shape index (κ1) is 12.5. The Morgan fingerprint density at radius 2 is 2.00 bits per heavy atom. The standard InChI is InChI=1S/C14H24O/c1-4-5-6-7-13(15)12-8-10-14(2,3)11-9-12/h4,12H,1,5-11H2,2-3H3. The fourth-order valence-electron chi connectivity index (χ4n) is 2.35. The molecule has 0 saturated heterocycles. The summed E-state index contributed by atoms with van der Waals surface area (Å²) in [5.41, 5.74) is 0.470. The second kappa shape index (κ2) is 5.48. The highest BCUT2D eigenvalue weighted by atomic mass is 16.1. The first-order chi connectivity index (χ1) is 7.05. The molecule has 0 aromatic heterocycles. The summed E-state index contributed by atoms with van der Waals surface area (Å²) < 4.78 is 0. The summed E-state index contributed by atoms with van der Waals surface area (Å²) in [7, 11) is 0. The molecule has 0 atom stereocenters. The van der Waals surface area contributed by atoms with Crippen LogP contribution in [0.1, 0.15) is 58.8 Å². The Labute approximate surface area is 93.9 Å². The molecule has 1 rings (SSSR count). The predicted octanol–water partition coefficient (Wildman–Crippen LogP) is 4.13. The van der Waals surface area contributed by atoms with Crippen molar-refractivity contribution in [2.24, 2.45) is 11.3 Å². The van der Waals surface area contributed by atoms with Crippen LogP contribution in [-0.4, -0.2) is 5.78 Å². The van der Waals surface area contributed by atoms with E-state index in [1.807, 2.05) is 6.08 Å². The number of hydrogen-bond donors (Lipinski definition) is 0. The first-order valence-electron chi connectivity index (χ1n) is 6.19. The summed E-state index contributed by atoms with van der Waals surface area (Å²) >= 11 is 0. The highest BCUT2D eigenvalue weighted by Crippen LogP contribution is 2.38. The number of carbonyl (C=O) groups excluding carboxylic acids is 1. The van der Waals surface area contributed by atoms with Gasteiger partial charge in [0, 0.05) is 12.3 Å². The Hall–Kier alpha value is -0.590. The molecule has 0 spiro atoms. The molecule has 0 amide bonds. The molecule has 0 heterocycles. The summed E-state index contributed by atoms with van der Waals surface area (Å²) in [6.45, 7) is 8.30. The Morgan fingerprint density at radius 3 is 2.53 bits per heavy atom. The largest absolute Gasteiger partial charge is 0.299 e. The van der Waals surface area contributed by atoms with E-state index in [0.717, 1.165) is 32.1 Å². The van der Waals surface area contributed by atoms with Gasteiger partial charge in [-0.2, -0.15) is 0 Å². The molecule has 1 saturated carbocycles. The fraction of sp³-hybridized carbons (Fsp3) is 0.786. The Morgan fingerprint density at radius 1 is 1.40 bits per heavy atom. The van der Waals surface area contributed by atoms with Crippen LogP contribution in [0.25, 0.3) is 0 Å². The molecule has 15 heavy (non-hydrogen) atoms. The Balaban J connectivity index is 2.27. The smallest absolute Gasteiger partial charge is 0.135 e. The maximum absolute atomic E-state index is 11.8. The van der Waals surface area contributed by atoms with Gasteiger partial charge in [0.05, 0.1) is 0 Å². The maximum Gasteiger partial charge on any atom is 0.135 e. The average molecular weight is 208 g/mol. The van der Waals surface area contributed by atoms with Crippen molar-refractivity contribution in [1.29, 1.82) is 0 Å². The molecule has 1 fully saturated rings. The molecule has 0 bridgehead atoms. The minimum atomic E-state index is 0.364. The van der Waals surface area contributed by atoms with E-state index in [2.05, 4.69) is 20.4 Å². The SMILES string of the molecule is C=CCCCC(=O)C1CCC(C)(C)CC1. The van der Waals surface area contributed by atoms with Gasteiger partial charge >= 0.3 is 0 Å². The summed E-state index contributed by atoms with van der Waals surface area (Å²) in [5.74, 6) is 0.857. The van der Waals surface area contributed by atoms with Gasteiger partial charge in [-0.15, -0.1) is 6.58 Å². The molecule has 1 aliphatic carbocycles. The van der Waals surface area contributed by atoms with Crippen LogP contribution in [0.5, 0.6) is 0 Å². The monoisotopic (exact) mass is 208 g/mol. The Kier molecular flexibility index (Phi) is 4.56. The van der Waals surface area contributed by atoms with Crippen molar-refractivity contribution < 1.29 is 4.79 Å². The highest BCUT2D eigenvalue weighted by molar-refractivity contribution is 5.81. The number of allylic oxidation sites excluding steroid dienone is 1. The first-order valence-corrected chi connectivity index (χ1v) is 6.19. The third kappa shape index (κ3) is 4.19. The van der Waals surface area contributed by atoms with Crippen LogP contribution in [0.15, 0.2) is 12.7 Å². The second-order valence-electron chi connectivity index (χ2n) is 5.59. The zero-order chi connectivity index (χ0) is 11.3. The molecular formula is C14H24O. The topological polar surface area (TPSA) is 17.1 Å². The van der Waals surface area contributed by atoms with E-state index in [1.54, 1.807) is 0 Å². The lowest BCUT2D eigenvalue weighted by molar-refractivity contribution is -0.124. The third-order valence-electron chi connectivity index (χ3n) is 3.63. The van der Waals surface area contributed by atoms with Crippen LogP contribution < -0.4 is 0 Å². The lowest BCUT2D eigenvalue weighted by Crippen LogP contribution is -2.26. The molecule has 0 N–H and O–H groups in total. The van der Waals surface area contributed by atoms with Crippen LogP contribution >= 0.6 is 0 Å². The minimum Gasteiger partial charge on any atom is -0.299 e. The van der Waals surface area contributed by atoms with E-state index in [-0.39, 0.29) is 0 Å². The fourth-order valence-corrected chi connectivity index (χ4v) is 2.35. The van der Waals surface area contributed by atoms with Crippen molar-refractivity contribution in [2.75, 3.05) is 0 Å². The van der Waals surface area contributed by atoms with Gasteiger partial charge in [-0.3, -0.25) is 4.79 Å². The van der Waals surface area contributed by atoms with E-state index < -0.39 is 0 Å². The van der Waals surface area contributed by atoms with Gasteiger partial charge in [0.15, 0.2) is 0 Å². The van der Waals surface area contributed by atoms with E-state index in [4.69, 9.17) is 0 Å². The molecule has 0 unspecified atom stereocenters. The van der Waals surface area contributed by atoms with Crippen molar-refractivity contribution in [2.45, 2.75) is 58.8 Å². The van der Waals surface area contributed by atoms with Crippen molar-refractivity contribution in [3.05, 3.63) is 12.7 Å². The van der Waals surface area contributed by atoms with E-state index in [9.17, 15) is 4.79 Å². The van der Waals surface area contributed by atoms with Crippen LogP contribution in [0.4, 0.5) is 0 Å². The molecular weight excluding hydrogens is 184 g/mol. The number of rotatable bonds is 5. The van der Waals surface area contributed by atoms with Gasteiger partial charge in [-0.1, -0.05) is 19.9 Å². The Bertz CT molecular complexity index is 217. The third-order valence-corrected chi connectivity index (χ3v) is 3.63. The highest BCUT2D eigenvalue weighted by Gasteiger charge is 2.29. The lowest BCUT2D eigenvalue weighted by atomic mass is 9.71. The van der Waals surface area contributed by atoms with Crippen LogP contribution in [0.2, 0.25) is 0 Å². The summed E-state index contributed by atoms with van der Waals surface area (Å²) in [6, 6.07) is 0. The minimum absolute atomic E-state index is 0.364. The molecule has 0 aliphatic heterocycles. The molecule has 1 aliphatic rings. The van der Waals surface area contributed by atoms with Gasteiger partial charge in [-0.25, -0.2) is 0 Å². The van der Waals surface area contributed by atoms with E-state index in [1.165, 1.54) is 12.8 Å². The molecule has 0 aromatic carbocycles. The normalized spacial score (nSPS) is 21.2. The van der Waals surface area contributed by atoms with Crippen molar-refractivity contribution in [3.8, 4) is 0 Å². The molecule has 1 nitrogen and oxygen atoms in total. The molecule has 0 aromatic rings. The van der Waals surface area contributed by atoms with E-state index >= 15 is 0 Å². The van der Waals surface area contributed by atoms with Gasteiger partial charge < -0.3 is 0 Å². The maximum atomic E-state index is 11.8. The van der Waals surface area contributed by atoms with Crippen molar-refractivity contribution >= 4 is 5.78 Å². The summed E-state index contributed by atoms with van der Waals surface area (Å²) in [4.78, 5) is 11.8. The summed E-state index contributed by atoms with van der Waals surface area (Å²) in [6.07, 6.45) is 9.27. The van der Waals surface area contributed by atoms with Crippen molar-refractivity contribution in [3.63, 3.8) is 0 Å². The number of unbranched alkanes of at least 4 members (excludes halogenated alkanes) is 1. The summed E-state index contributed by atoms with van der Waals surface area (Å²) in [5, 5.41) is 0. The van der Waals surface area contributed by atoms with Crippen molar-refractivity contribution in [1.82, 2.24) is 0 Å². The molecule has 0 radical (unpaired) electrons. The molecule has 1 heteroatoms. The van der Waals surface area contributed by atoms with Gasteiger partial charge in [0.2, 0.25) is 0 Å². The van der Waals surface area contributed by atoms with Gasteiger partial charge in [0.25, 0.3) is 0 Å². The van der Waals surface area contributed by atoms with Crippen LogP contribution in [0.3, 0.4) is 0 Å². The number of Topliss-reactive ketones (excluding diaryl/α,β-unsaturated/α-hetero) is 1. The second-order valence-corrected chi connectivity index (χ2v) is 5.59.